The van der Waals surface area contributed by atoms with Crippen LogP contribution in [0.3, 0.4) is 0 Å². The lowest BCUT2D eigenvalue weighted by atomic mass is 10.1. The second-order valence-electron chi connectivity index (χ2n) is 8.28. The third-order valence-electron chi connectivity index (χ3n) is 5.36. The number of pyridine rings is 1. The molecule has 3 amide bonds. The number of urea groups is 1. The van der Waals surface area contributed by atoms with Crippen molar-refractivity contribution in [3.8, 4) is 11.5 Å². The SMILES string of the molecule is C/C(=N\NC(=O)c1cc(Oc2ccc(NC(=O)Nc3ccc(Cl)c(C(F)(F)F)c3)cc2)ccn1)c1ccccc1. The summed E-state index contributed by atoms with van der Waals surface area (Å²) >= 11 is 5.60. The number of nitrogens with one attached hydrogen (secondary N) is 3. The number of hydrogen-bond donors (Lipinski definition) is 3. The molecule has 0 unspecified atom stereocenters. The van der Waals surface area contributed by atoms with Crippen LogP contribution in [0.15, 0.2) is 96.2 Å². The van der Waals surface area contributed by atoms with Gasteiger partial charge in [0.15, 0.2) is 0 Å². The minimum Gasteiger partial charge on any atom is -0.457 e. The second kappa shape index (κ2) is 12.3. The maximum absolute atomic E-state index is 13.0. The van der Waals surface area contributed by atoms with E-state index in [1.54, 1.807) is 25.1 Å². The van der Waals surface area contributed by atoms with Crippen LogP contribution in [0.2, 0.25) is 5.02 Å². The normalized spacial score (nSPS) is 11.5. The number of hydrazone groups is 1. The third kappa shape index (κ3) is 7.58. The van der Waals surface area contributed by atoms with Gasteiger partial charge in [-0.05, 0) is 61.0 Å². The van der Waals surface area contributed by atoms with Crippen molar-refractivity contribution in [2.75, 3.05) is 10.6 Å². The van der Waals surface area contributed by atoms with Gasteiger partial charge >= 0.3 is 12.2 Å². The highest BCUT2D eigenvalue weighted by atomic mass is 35.5. The minimum absolute atomic E-state index is 0.0763. The van der Waals surface area contributed by atoms with E-state index in [2.05, 4.69) is 26.1 Å². The summed E-state index contributed by atoms with van der Waals surface area (Å²) < 4.78 is 44.9. The molecule has 3 N–H and O–H groups in total. The standard InChI is InChI=1S/C28H21ClF3N5O3/c1-17(18-5-3-2-4-6-18)36-37-26(38)25-16-22(13-14-33-25)40-21-10-7-19(8-11-21)34-27(39)35-20-9-12-24(29)23(15-20)28(30,31)32/h2-16H,1H3,(H,37,38)(H2,34,35,39)/b36-17+. The number of halogens is 4. The number of carbonyl (C=O) groups excluding carboxylic acids is 2. The Morgan fingerprint density at radius 3 is 2.25 bits per heavy atom. The Bertz CT molecular complexity index is 1550. The topological polar surface area (TPSA) is 105 Å². The molecule has 0 atom stereocenters. The Hall–Kier alpha value is -4.90. The van der Waals surface area contributed by atoms with Gasteiger partial charge in [0.1, 0.15) is 17.2 Å². The third-order valence-corrected chi connectivity index (χ3v) is 5.69. The molecule has 4 aromatic rings. The first-order valence-electron chi connectivity index (χ1n) is 11.7. The number of amides is 3. The second-order valence-corrected chi connectivity index (χ2v) is 8.69. The van der Waals surface area contributed by atoms with Gasteiger partial charge < -0.3 is 15.4 Å². The summed E-state index contributed by atoms with van der Waals surface area (Å²) in [7, 11) is 0. The van der Waals surface area contributed by atoms with E-state index in [4.69, 9.17) is 16.3 Å². The van der Waals surface area contributed by atoms with Crippen LogP contribution in [-0.4, -0.2) is 22.6 Å². The van der Waals surface area contributed by atoms with Gasteiger partial charge in [-0.1, -0.05) is 41.9 Å². The van der Waals surface area contributed by atoms with E-state index in [1.165, 1.54) is 30.5 Å². The van der Waals surface area contributed by atoms with Crippen LogP contribution in [-0.2, 0) is 6.18 Å². The molecule has 204 valence electrons. The number of aromatic nitrogens is 1. The molecule has 0 aliphatic rings. The van der Waals surface area contributed by atoms with Crippen molar-refractivity contribution in [3.05, 3.63) is 113 Å². The molecule has 0 fully saturated rings. The van der Waals surface area contributed by atoms with Crippen molar-refractivity contribution >= 4 is 40.6 Å². The van der Waals surface area contributed by atoms with Crippen molar-refractivity contribution in [3.63, 3.8) is 0 Å². The maximum Gasteiger partial charge on any atom is 0.417 e. The molecule has 0 bridgehead atoms. The summed E-state index contributed by atoms with van der Waals surface area (Å²) in [6.45, 7) is 1.77. The molecular formula is C28H21ClF3N5O3. The number of hydrogen-bond acceptors (Lipinski definition) is 5. The van der Waals surface area contributed by atoms with Crippen LogP contribution >= 0.6 is 11.6 Å². The quantitative estimate of drug-likeness (QED) is 0.160. The smallest absolute Gasteiger partial charge is 0.417 e. The van der Waals surface area contributed by atoms with E-state index >= 15 is 0 Å². The first-order valence-corrected chi connectivity index (χ1v) is 12.0. The van der Waals surface area contributed by atoms with E-state index in [9.17, 15) is 22.8 Å². The molecule has 0 spiro atoms. The molecule has 1 aromatic heterocycles. The van der Waals surface area contributed by atoms with E-state index in [0.717, 1.165) is 17.7 Å². The molecule has 12 heteroatoms. The van der Waals surface area contributed by atoms with Gasteiger partial charge in [0.25, 0.3) is 5.91 Å². The van der Waals surface area contributed by atoms with Gasteiger partial charge in [-0.15, -0.1) is 0 Å². The maximum atomic E-state index is 13.0. The number of benzene rings is 3. The summed E-state index contributed by atoms with van der Waals surface area (Å²) in [5, 5.41) is 8.49. The summed E-state index contributed by atoms with van der Waals surface area (Å²) in [6.07, 6.45) is -3.24. The fourth-order valence-electron chi connectivity index (χ4n) is 3.39. The summed E-state index contributed by atoms with van der Waals surface area (Å²) in [6, 6.07) is 20.9. The monoisotopic (exact) mass is 567 g/mol. The number of rotatable bonds is 7. The van der Waals surface area contributed by atoms with Gasteiger partial charge in [-0.2, -0.15) is 18.3 Å². The number of anilines is 2. The summed E-state index contributed by atoms with van der Waals surface area (Å²) in [5.41, 5.74) is 3.28. The highest BCUT2D eigenvalue weighted by Gasteiger charge is 2.33. The fourth-order valence-corrected chi connectivity index (χ4v) is 3.62. The van der Waals surface area contributed by atoms with Crippen molar-refractivity contribution in [1.82, 2.24) is 10.4 Å². The van der Waals surface area contributed by atoms with Crippen LogP contribution in [0.5, 0.6) is 11.5 Å². The molecular weight excluding hydrogens is 547 g/mol. The average molecular weight is 568 g/mol. The number of nitrogens with zero attached hydrogens (tertiary/aromatic N) is 2. The van der Waals surface area contributed by atoms with Crippen LogP contribution in [0.4, 0.5) is 29.3 Å². The molecule has 8 nitrogen and oxygen atoms in total. The Morgan fingerprint density at radius 2 is 1.55 bits per heavy atom. The van der Waals surface area contributed by atoms with Gasteiger partial charge in [-0.3, -0.25) is 9.78 Å². The van der Waals surface area contributed by atoms with Gasteiger partial charge in [0, 0.05) is 23.6 Å². The Kier molecular flexibility index (Phi) is 8.65. The molecule has 0 aliphatic heterocycles. The van der Waals surface area contributed by atoms with Crippen molar-refractivity contribution < 1.29 is 27.5 Å². The number of ether oxygens (including phenoxy) is 1. The Balaban J connectivity index is 1.34. The molecule has 40 heavy (non-hydrogen) atoms. The highest BCUT2D eigenvalue weighted by Crippen LogP contribution is 2.36. The van der Waals surface area contributed by atoms with E-state index in [0.29, 0.717) is 22.9 Å². The molecule has 0 saturated heterocycles. The van der Waals surface area contributed by atoms with Crippen LogP contribution in [0.1, 0.15) is 28.5 Å². The zero-order valence-electron chi connectivity index (χ0n) is 20.8. The molecule has 0 aliphatic carbocycles. The zero-order valence-corrected chi connectivity index (χ0v) is 21.5. The molecule has 3 aromatic carbocycles. The highest BCUT2D eigenvalue weighted by molar-refractivity contribution is 6.31. The molecule has 1 heterocycles. The predicted molar refractivity (Wildman–Crippen MR) is 146 cm³/mol. The van der Waals surface area contributed by atoms with E-state index in [1.807, 2.05) is 30.3 Å². The van der Waals surface area contributed by atoms with Crippen LogP contribution in [0.25, 0.3) is 0 Å². The first kappa shape index (κ1) is 28.1. The minimum atomic E-state index is -4.66. The summed E-state index contributed by atoms with van der Waals surface area (Å²) in [5.74, 6) is 0.217. The zero-order chi connectivity index (χ0) is 28.7. The molecule has 0 radical (unpaired) electrons. The predicted octanol–water partition coefficient (Wildman–Crippen LogP) is 7.34. The Morgan fingerprint density at radius 1 is 0.875 bits per heavy atom. The van der Waals surface area contributed by atoms with Crippen molar-refractivity contribution in [2.45, 2.75) is 13.1 Å². The fraction of sp³-hybridized carbons (Fsp3) is 0.0714. The van der Waals surface area contributed by atoms with Crippen molar-refractivity contribution in [1.29, 1.82) is 0 Å². The largest absolute Gasteiger partial charge is 0.457 e. The van der Waals surface area contributed by atoms with E-state index < -0.39 is 28.7 Å². The van der Waals surface area contributed by atoms with Gasteiger partial charge in [-0.25, -0.2) is 10.2 Å². The lowest BCUT2D eigenvalue weighted by molar-refractivity contribution is -0.137. The number of alkyl halides is 3. The average Bonchev–Trinajstić information content (AvgIpc) is 2.93. The van der Waals surface area contributed by atoms with Crippen LogP contribution in [0, 0.1) is 0 Å². The first-order chi connectivity index (χ1) is 19.1. The Labute approximate surface area is 231 Å². The molecule has 4 rings (SSSR count). The lowest BCUT2D eigenvalue weighted by Gasteiger charge is -2.12. The number of carbonyl (C=O) groups is 2. The van der Waals surface area contributed by atoms with Gasteiger partial charge in [0.05, 0.1) is 16.3 Å². The van der Waals surface area contributed by atoms with Crippen LogP contribution < -0.4 is 20.8 Å². The van der Waals surface area contributed by atoms with E-state index in [-0.39, 0.29) is 11.4 Å². The summed E-state index contributed by atoms with van der Waals surface area (Å²) in [4.78, 5) is 28.8. The lowest BCUT2D eigenvalue weighted by Crippen LogP contribution is -2.20. The van der Waals surface area contributed by atoms with Gasteiger partial charge in [0.2, 0.25) is 0 Å². The van der Waals surface area contributed by atoms with Crippen molar-refractivity contribution in [2.24, 2.45) is 5.10 Å². The molecule has 0 saturated carbocycles.